The Balaban J connectivity index is 2.08. The van der Waals surface area contributed by atoms with E-state index >= 15 is 0 Å². The molecule has 1 aliphatic heterocycles. The van der Waals surface area contributed by atoms with Gasteiger partial charge in [0.15, 0.2) is 0 Å². The van der Waals surface area contributed by atoms with Crippen LogP contribution in [0.25, 0.3) is 0 Å². The average molecular weight is 326 g/mol. The van der Waals surface area contributed by atoms with E-state index in [1.165, 1.54) is 29.7 Å². The fraction of sp³-hybridized carbons (Fsp3) is 0.625. The number of piperidine rings is 1. The van der Waals surface area contributed by atoms with Gasteiger partial charge >= 0.3 is 0 Å². The van der Waals surface area contributed by atoms with E-state index in [1.54, 1.807) is 0 Å². The van der Waals surface area contributed by atoms with Crippen molar-refractivity contribution in [2.45, 2.75) is 44.5 Å². The lowest BCUT2D eigenvalue weighted by Gasteiger charge is -2.35. The highest BCUT2D eigenvalue weighted by Gasteiger charge is 2.21. The van der Waals surface area contributed by atoms with Crippen LogP contribution in [0.15, 0.2) is 18.2 Å². The monoisotopic (exact) mass is 325 g/mol. The fourth-order valence-electron chi connectivity index (χ4n) is 2.71. The molecule has 3 heteroatoms. The molecule has 0 N–H and O–H groups in total. The van der Waals surface area contributed by atoms with E-state index in [1.807, 2.05) is 0 Å². The van der Waals surface area contributed by atoms with E-state index in [0.29, 0.717) is 6.10 Å². The molecule has 1 aromatic rings. The molecule has 0 bridgehead atoms. The molecule has 1 saturated heterocycles. The minimum Gasteiger partial charge on any atom is -0.376 e. The van der Waals surface area contributed by atoms with Gasteiger partial charge in [0.05, 0.1) is 6.10 Å². The van der Waals surface area contributed by atoms with Gasteiger partial charge in [0, 0.05) is 30.7 Å². The van der Waals surface area contributed by atoms with Crippen LogP contribution in [0.1, 0.15) is 37.3 Å². The van der Waals surface area contributed by atoms with E-state index in [2.05, 4.69) is 52.9 Å². The predicted octanol–water partition coefficient (Wildman–Crippen LogP) is 4.29. The number of alkyl halides is 1. The van der Waals surface area contributed by atoms with Crippen LogP contribution >= 0.6 is 15.9 Å². The summed E-state index contributed by atoms with van der Waals surface area (Å²) in [7, 11) is 0. The summed E-state index contributed by atoms with van der Waals surface area (Å²) < 4.78 is 5.93. The maximum atomic E-state index is 5.93. The van der Waals surface area contributed by atoms with E-state index in [-0.39, 0.29) is 0 Å². The molecule has 0 aromatic heterocycles. The Labute approximate surface area is 125 Å². The van der Waals surface area contributed by atoms with Gasteiger partial charge in [-0.15, -0.1) is 0 Å². The van der Waals surface area contributed by atoms with Crippen molar-refractivity contribution >= 4 is 21.6 Å². The zero-order valence-corrected chi connectivity index (χ0v) is 13.6. The van der Waals surface area contributed by atoms with Crippen LogP contribution in [0.4, 0.5) is 5.69 Å². The summed E-state index contributed by atoms with van der Waals surface area (Å²) in [6, 6.07) is 6.74. The zero-order chi connectivity index (χ0) is 13.7. The Hall–Kier alpha value is -0.540. The highest BCUT2D eigenvalue weighted by Crippen LogP contribution is 2.27. The summed E-state index contributed by atoms with van der Waals surface area (Å²) >= 11 is 3.61. The molecule has 1 fully saturated rings. The topological polar surface area (TPSA) is 12.5 Å². The zero-order valence-electron chi connectivity index (χ0n) is 12.0. The predicted molar refractivity (Wildman–Crippen MR) is 85.3 cm³/mol. The lowest BCUT2D eigenvalue weighted by molar-refractivity contribution is 0.0440. The van der Waals surface area contributed by atoms with Crippen molar-refractivity contribution < 1.29 is 4.74 Å². The number of rotatable bonds is 5. The van der Waals surface area contributed by atoms with Gasteiger partial charge in [-0.3, -0.25) is 0 Å². The smallest absolute Gasteiger partial charge is 0.0750 e. The third-order valence-corrected chi connectivity index (χ3v) is 4.26. The van der Waals surface area contributed by atoms with Crippen LogP contribution in [-0.2, 0) is 10.1 Å². The summed E-state index contributed by atoms with van der Waals surface area (Å²) in [5.41, 5.74) is 4.08. The molecule has 2 rings (SSSR count). The SMILES string of the molecule is CCCOC1CCCN(c2ccc(C)cc2CBr)C1. The summed E-state index contributed by atoms with van der Waals surface area (Å²) in [6.07, 6.45) is 3.93. The number of anilines is 1. The second-order valence-corrected chi connectivity index (χ2v) is 5.91. The third kappa shape index (κ3) is 3.96. The van der Waals surface area contributed by atoms with E-state index in [0.717, 1.165) is 31.4 Å². The molecule has 1 heterocycles. The van der Waals surface area contributed by atoms with Crippen LogP contribution in [0.5, 0.6) is 0 Å². The van der Waals surface area contributed by atoms with Gasteiger partial charge in [0.25, 0.3) is 0 Å². The van der Waals surface area contributed by atoms with E-state index in [9.17, 15) is 0 Å². The first-order valence-corrected chi connectivity index (χ1v) is 8.38. The molecule has 0 amide bonds. The molecule has 0 spiro atoms. The van der Waals surface area contributed by atoms with Crippen molar-refractivity contribution in [2.75, 3.05) is 24.6 Å². The minimum atomic E-state index is 0.401. The number of hydrogen-bond donors (Lipinski definition) is 0. The number of aryl methyl sites for hydroxylation is 1. The second-order valence-electron chi connectivity index (χ2n) is 5.35. The highest BCUT2D eigenvalue weighted by molar-refractivity contribution is 9.08. The molecule has 2 nitrogen and oxygen atoms in total. The van der Waals surface area contributed by atoms with Crippen LogP contribution < -0.4 is 4.90 Å². The van der Waals surface area contributed by atoms with E-state index < -0.39 is 0 Å². The van der Waals surface area contributed by atoms with Crippen LogP contribution in [0, 0.1) is 6.92 Å². The van der Waals surface area contributed by atoms with Gasteiger partial charge in [0.2, 0.25) is 0 Å². The van der Waals surface area contributed by atoms with Crippen molar-refractivity contribution in [1.29, 1.82) is 0 Å². The maximum Gasteiger partial charge on any atom is 0.0750 e. The van der Waals surface area contributed by atoms with Gasteiger partial charge in [-0.05, 0) is 37.8 Å². The van der Waals surface area contributed by atoms with Crippen LogP contribution in [0.3, 0.4) is 0 Å². The summed E-state index contributed by atoms with van der Waals surface area (Å²) in [6.45, 7) is 7.39. The average Bonchev–Trinajstić information content (AvgIpc) is 2.45. The Bertz CT molecular complexity index is 408. The lowest BCUT2D eigenvalue weighted by Crippen LogP contribution is -2.40. The quantitative estimate of drug-likeness (QED) is 0.749. The molecular weight excluding hydrogens is 302 g/mol. The molecule has 106 valence electrons. The van der Waals surface area contributed by atoms with Crippen LogP contribution in [-0.4, -0.2) is 25.8 Å². The first kappa shape index (κ1) is 14.9. The number of halogens is 1. The fourth-order valence-corrected chi connectivity index (χ4v) is 3.16. The standard InChI is InChI=1S/C16H24BrNO/c1-3-9-19-15-5-4-8-18(12-15)16-7-6-13(2)10-14(16)11-17/h6-7,10,15H,3-5,8-9,11-12H2,1-2H3. The van der Waals surface area contributed by atoms with E-state index in [4.69, 9.17) is 4.74 Å². The molecule has 1 aromatic carbocycles. The van der Waals surface area contributed by atoms with Crippen molar-refractivity contribution in [1.82, 2.24) is 0 Å². The number of ether oxygens (including phenoxy) is 1. The van der Waals surface area contributed by atoms with Gasteiger partial charge in [-0.1, -0.05) is 40.5 Å². The first-order valence-electron chi connectivity index (χ1n) is 7.26. The minimum absolute atomic E-state index is 0.401. The molecule has 0 radical (unpaired) electrons. The van der Waals surface area contributed by atoms with Gasteiger partial charge in [0.1, 0.15) is 0 Å². The molecule has 0 aliphatic carbocycles. The Kier molecular flexibility index (Phi) is 5.71. The normalized spacial score (nSPS) is 19.7. The van der Waals surface area contributed by atoms with Crippen molar-refractivity contribution in [2.24, 2.45) is 0 Å². The molecule has 1 aliphatic rings. The summed E-state index contributed by atoms with van der Waals surface area (Å²) in [4.78, 5) is 2.49. The maximum absolute atomic E-state index is 5.93. The van der Waals surface area contributed by atoms with Gasteiger partial charge < -0.3 is 9.64 Å². The van der Waals surface area contributed by atoms with Crippen molar-refractivity contribution in [3.8, 4) is 0 Å². The Morgan fingerprint density at radius 1 is 1.42 bits per heavy atom. The molecule has 1 atom stereocenters. The van der Waals surface area contributed by atoms with Gasteiger partial charge in [-0.2, -0.15) is 0 Å². The first-order chi connectivity index (χ1) is 9.24. The summed E-state index contributed by atoms with van der Waals surface area (Å²) in [5, 5.41) is 0.918. The lowest BCUT2D eigenvalue weighted by atomic mass is 10.0. The Morgan fingerprint density at radius 3 is 3.00 bits per heavy atom. The summed E-state index contributed by atoms with van der Waals surface area (Å²) in [5.74, 6) is 0. The molecule has 1 unspecified atom stereocenters. The molecule has 19 heavy (non-hydrogen) atoms. The Morgan fingerprint density at radius 2 is 2.26 bits per heavy atom. The highest BCUT2D eigenvalue weighted by atomic mass is 79.9. The number of benzene rings is 1. The third-order valence-electron chi connectivity index (χ3n) is 3.66. The van der Waals surface area contributed by atoms with Gasteiger partial charge in [-0.25, -0.2) is 0 Å². The van der Waals surface area contributed by atoms with Crippen molar-refractivity contribution in [3.63, 3.8) is 0 Å². The van der Waals surface area contributed by atoms with Crippen molar-refractivity contribution in [3.05, 3.63) is 29.3 Å². The number of hydrogen-bond acceptors (Lipinski definition) is 2. The van der Waals surface area contributed by atoms with Crippen LogP contribution in [0.2, 0.25) is 0 Å². The largest absolute Gasteiger partial charge is 0.376 e. The molecular formula is C16H24BrNO. The number of nitrogens with zero attached hydrogens (tertiary/aromatic N) is 1. The molecule has 0 saturated carbocycles. The second kappa shape index (κ2) is 7.30.